The Labute approximate surface area is 89.8 Å². The van der Waals surface area contributed by atoms with E-state index in [0.29, 0.717) is 6.04 Å². The lowest BCUT2D eigenvalue weighted by Gasteiger charge is -2.21. The van der Waals surface area contributed by atoms with Gasteiger partial charge in [-0.2, -0.15) is 4.98 Å². The van der Waals surface area contributed by atoms with Crippen LogP contribution in [0.25, 0.3) is 0 Å². The van der Waals surface area contributed by atoms with Gasteiger partial charge < -0.3 is 9.84 Å². The molecule has 0 spiro atoms. The van der Waals surface area contributed by atoms with Crippen molar-refractivity contribution in [1.82, 2.24) is 20.4 Å². The van der Waals surface area contributed by atoms with Gasteiger partial charge in [-0.05, 0) is 20.0 Å². The predicted octanol–water partition coefficient (Wildman–Crippen LogP) is 0.426. The summed E-state index contributed by atoms with van der Waals surface area (Å²) in [7, 11) is 2.10. The van der Waals surface area contributed by atoms with Gasteiger partial charge in [0.25, 0.3) is 0 Å². The van der Waals surface area contributed by atoms with E-state index in [0.717, 1.165) is 37.8 Å². The first-order chi connectivity index (χ1) is 7.29. The van der Waals surface area contributed by atoms with Crippen LogP contribution < -0.4 is 5.32 Å². The normalized spacial score (nSPS) is 21.4. The molecule has 5 heteroatoms. The largest absolute Gasteiger partial charge is 0.338 e. The molecular weight excluding hydrogens is 192 g/mol. The van der Waals surface area contributed by atoms with E-state index in [-0.39, 0.29) is 0 Å². The zero-order valence-corrected chi connectivity index (χ0v) is 9.36. The lowest BCUT2D eigenvalue weighted by atomic mass is 10.2. The molecule has 1 atom stereocenters. The van der Waals surface area contributed by atoms with Crippen molar-refractivity contribution in [3.63, 3.8) is 0 Å². The Hall–Kier alpha value is -0.940. The summed E-state index contributed by atoms with van der Waals surface area (Å²) in [6.45, 7) is 4.95. The highest BCUT2D eigenvalue weighted by atomic mass is 16.5. The average Bonchev–Trinajstić information content (AvgIpc) is 2.87. The molecule has 0 aliphatic carbocycles. The molecule has 1 aromatic rings. The lowest BCUT2D eigenvalue weighted by molar-refractivity contribution is 0.214. The summed E-state index contributed by atoms with van der Waals surface area (Å²) < 4.78 is 5.16. The quantitative estimate of drug-likeness (QED) is 0.781. The first-order valence-electron chi connectivity index (χ1n) is 5.52. The molecule has 0 saturated carbocycles. The molecule has 1 N–H and O–H groups in total. The highest BCUT2D eigenvalue weighted by Crippen LogP contribution is 2.10. The Morgan fingerprint density at radius 1 is 1.60 bits per heavy atom. The first-order valence-corrected chi connectivity index (χ1v) is 5.52. The molecule has 1 unspecified atom stereocenters. The second-order valence-corrected chi connectivity index (χ2v) is 4.02. The molecule has 1 aliphatic rings. The molecule has 84 valence electrons. The van der Waals surface area contributed by atoms with Crippen molar-refractivity contribution in [3.05, 3.63) is 11.7 Å². The monoisotopic (exact) mass is 210 g/mol. The number of hydrogen-bond acceptors (Lipinski definition) is 5. The van der Waals surface area contributed by atoms with Crippen molar-refractivity contribution >= 4 is 0 Å². The van der Waals surface area contributed by atoms with Gasteiger partial charge in [-0.15, -0.1) is 0 Å². The van der Waals surface area contributed by atoms with Crippen LogP contribution in [-0.4, -0.2) is 41.2 Å². The third-order valence-electron chi connectivity index (χ3n) is 2.87. The van der Waals surface area contributed by atoms with E-state index in [1.54, 1.807) is 0 Å². The van der Waals surface area contributed by atoms with Gasteiger partial charge in [0.15, 0.2) is 5.82 Å². The second kappa shape index (κ2) is 4.72. The van der Waals surface area contributed by atoms with Gasteiger partial charge >= 0.3 is 0 Å². The number of likely N-dealkylation sites (N-methyl/N-ethyl adjacent to an activating group) is 1. The van der Waals surface area contributed by atoms with Crippen molar-refractivity contribution in [3.8, 4) is 0 Å². The zero-order chi connectivity index (χ0) is 10.7. The van der Waals surface area contributed by atoms with E-state index in [2.05, 4.69) is 27.4 Å². The summed E-state index contributed by atoms with van der Waals surface area (Å²) in [4.78, 5) is 6.57. The Morgan fingerprint density at radius 2 is 2.47 bits per heavy atom. The summed E-state index contributed by atoms with van der Waals surface area (Å²) in [6, 6.07) is 0.599. The highest BCUT2D eigenvalue weighted by molar-refractivity contribution is 4.87. The van der Waals surface area contributed by atoms with Crippen molar-refractivity contribution in [1.29, 1.82) is 0 Å². The first kappa shape index (κ1) is 10.6. The van der Waals surface area contributed by atoms with Crippen molar-refractivity contribution in [2.45, 2.75) is 32.4 Å². The summed E-state index contributed by atoms with van der Waals surface area (Å²) >= 11 is 0. The molecular formula is C10H18N4O. The Morgan fingerprint density at radius 3 is 3.07 bits per heavy atom. The van der Waals surface area contributed by atoms with Crippen LogP contribution in [0.5, 0.6) is 0 Å². The van der Waals surface area contributed by atoms with Crippen LogP contribution >= 0.6 is 0 Å². The van der Waals surface area contributed by atoms with Crippen LogP contribution in [0, 0.1) is 0 Å². The van der Waals surface area contributed by atoms with E-state index in [1.165, 1.54) is 6.42 Å². The summed E-state index contributed by atoms with van der Waals surface area (Å²) in [6.07, 6.45) is 2.03. The maximum absolute atomic E-state index is 5.16. The van der Waals surface area contributed by atoms with Gasteiger partial charge in [-0.3, -0.25) is 4.90 Å². The van der Waals surface area contributed by atoms with E-state index in [9.17, 15) is 0 Å². The maximum Gasteiger partial charge on any atom is 0.240 e. The van der Waals surface area contributed by atoms with E-state index < -0.39 is 0 Å². The van der Waals surface area contributed by atoms with Crippen molar-refractivity contribution in [2.24, 2.45) is 0 Å². The van der Waals surface area contributed by atoms with Crippen molar-refractivity contribution in [2.75, 3.05) is 20.1 Å². The molecule has 0 radical (unpaired) electrons. The average molecular weight is 210 g/mol. The van der Waals surface area contributed by atoms with Gasteiger partial charge in [-0.1, -0.05) is 12.1 Å². The number of nitrogens with one attached hydrogen (secondary N) is 1. The molecule has 1 aromatic heterocycles. The molecule has 5 nitrogen and oxygen atoms in total. The third kappa shape index (κ3) is 2.54. The molecule has 15 heavy (non-hydrogen) atoms. The fourth-order valence-corrected chi connectivity index (χ4v) is 1.86. The van der Waals surface area contributed by atoms with Gasteiger partial charge in [0.1, 0.15) is 0 Å². The van der Waals surface area contributed by atoms with E-state index >= 15 is 0 Å². The topological polar surface area (TPSA) is 54.2 Å². The number of nitrogens with zero attached hydrogens (tertiary/aromatic N) is 3. The molecule has 1 aliphatic heterocycles. The Bertz CT molecular complexity index is 306. The van der Waals surface area contributed by atoms with Crippen LogP contribution in [0.4, 0.5) is 0 Å². The minimum atomic E-state index is 0.599. The van der Waals surface area contributed by atoms with Crippen LogP contribution in [0.3, 0.4) is 0 Å². The summed E-state index contributed by atoms with van der Waals surface area (Å²) in [5.74, 6) is 1.52. The second-order valence-electron chi connectivity index (χ2n) is 4.02. The van der Waals surface area contributed by atoms with Crippen LogP contribution in [0.1, 0.15) is 25.1 Å². The molecule has 0 bridgehead atoms. The predicted molar refractivity (Wildman–Crippen MR) is 56.4 cm³/mol. The standard InChI is InChI=1S/C10H18N4O/c1-3-9-12-10(15-13-9)7-14(2)8-4-5-11-6-8/h8,11H,3-7H2,1-2H3. The SMILES string of the molecule is CCc1noc(CN(C)C2CCNC2)n1. The number of aromatic nitrogens is 2. The highest BCUT2D eigenvalue weighted by Gasteiger charge is 2.20. The lowest BCUT2D eigenvalue weighted by Crippen LogP contribution is -2.32. The number of aryl methyl sites for hydroxylation is 1. The molecule has 0 aromatic carbocycles. The number of rotatable bonds is 4. The van der Waals surface area contributed by atoms with Crippen LogP contribution in [-0.2, 0) is 13.0 Å². The fraction of sp³-hybridized carbons (Fsp3) is 0.800. The molecule has 1 fully saturated rings. The number of hydrogen-bond donors (Lipinski definition) is 1. The molecule has 2 heterocycles. The third-order valence-corrected chi connectivity index (χ3v) is 2.87. The molecule has 0 amide bonds. The van der Waals surface area contributed by atoms with Crippen molar-refractivity contribution < 1.29 is 4.52 Å². The van der Waals surface area contributed by atoms with Gasteiger partial charge in [0.2, 0.25) is 5.89 Å². The maximum atomic E-state index is 5.16. The Kier molecular flexibility index (Phi) is 3.33. The van der Waals surface area contributed by atoms with Gasteiger partial charge in [0, 0.05) is 19.0 Å². The van der Waals surface area contributed by atoms with Crippen LogP contribution in [0.2, 0.25) is 0 Å². The molecule has 2 rings (SSSR count). The summed E-state index contributed by atoms with van der Waals surface area (Å²) in [5.41, 5.74) is 0. The Balaban J connectivity index is 1.89. The minimum Gasteiger partial charge on any atom is -0.338 e. The van der Waals surface area contributed by atoms with Gasteiger partial charge in [0.05, 0.1) is 6.54 Å². The van der Waals surface area contributed by atoms with E-state index in [4.69, 9.17) is 4.52 Å². The van der Waals surface area contributed by atoms with E-state index in [1.807, 2.05) is 6.92 Å². The zero-order valence-electron chi connectivity index (χ0n) is 9.36. The fourth-order valence-electron chi connectivity index (χ4n) is 1.86. The smallest absolute Gasteiger partial charge is 0.240 e. The summed E-state index contributed by atoms with van der Waals surface area (Å²) in [5, 5.41) is 7.23. The van der Waals surface area contributed by atoms with Crippen LogP contribution in [0.15, 0.2) is 4.52 Å². The minimum absolute atomic E-state index is 0.599. The molecule has 1 saturated heterocycles. The van der Waals surface area contributed by atoms with Gasteiger partial charge in [-0.25, -0.2) is 0 Å².